The van der Waals surface area contributed by atoms with Crippen LogP contribution in [0.5, 0.6) is 0 Å². The van der Waals surface area contributed by atoms with Crippen molar-refractivity contribution >= 4 is 65.4 Å². The van der Waals surface area contributed by atoms with Gasteiger partial charge in [0, 0.05) is 14.2 Å². The quantitative estimate of drug-likeness (QED) is 0.0392. The summed E-state index contributed by atoms with van der Waals surface area (Å²) in [5.74, 6) is -0.336. The van der Waals surface area contributed by atoms with E-state index in [2.05, 4.69) is 38.1 Å². The predicted molar refractivity (Wildman–Crippen MR) is 217 cm³/mol. The van der Waals surface area contributed by atoms with Crippen LogP contribution in [0.25, 0.3) is 22.3 Å². The van der Waals surface area contributed by atoms with E-state index in [1.807, 2.05) is 0 Å². The lowest BCUT2D eigenvalue weighted by molar-refractivity contribution is -0.746. The van der Waals surface area contributed by atoms with Crippen LogP contribution in [0.15, 0.2) is 23.8 Å². The summed E-state index contributed by atoms with van der Waals surface area (Å²) >= 11 is 0. The lowest BCUT2D eigenvalue weighted by Gasteiger charge is -2.35. The average Bonchev–Trinajstić information content (AvgIpc) is 4.04. The number of H-pyrrole nitrogens is 1. The van der Waals surface area contributed by atoms with Gasteiger partial charge in [-0.2, -0.15) is 0 Å². The Balaban J connectivity index is 1.02. The molecular weight excluding hydrogens is 1020 g/mol. The van der Waals surface area contributed by atoms with Crippen LogP contribution < -0.4 is 41.2 Å². The van der Waals surface area contributed by atoms with Crippen molar-refractivity contribution < 1.29 is 108 Å². The van der Waals surface area contributed by atoms with Crippen molar-refractivity contribution in [3.8, 4) is 0 Å². The molecule has 37 heteroatoms. The topological polar surface area (TPSA) is 462 Å². The number of fused-ring (bicyclic) bond motifs is 2. The number of aromatic amines is 1. The second-order valence-corrected chi connectivity index (χ2v) is 21.7. The molecule has 0 aliphatic carbocycles. The Hall–Kier alpha value is -3.30. The highest BCUT2D eigenvalue weighted by Gasteiger charge is 2.51. The summed E-state index contributed by atoms with van der Waals surface area (Å²) in [6.45, 7) is 1.71. The van der Waals surface area contributed by atoms with Crippen LogP contribution in [0, 0.1) is 0 Å². The molecule has 7 heterocycles. The van der Waals surface area contributed by atoms with Gasteiger partial charge in [0.15, 0.2) is 24.0 Å². The number of aliphatic hydroxyl groups is 2. The molecule has 69 heavy (non-hydrogen) atoms. The number of rotatable bonds is 21. The molecule has 7 N–H and O–H groups in total. The fourth-order valence-corrected chi connectivity index (χ4v) is 12.1. The molecule has 0 spiro atoms. The van der Waals surface area contributed by atoms with Crippen LogP contribution in [-0.4, -0.2) is 145 Å². The lowest BCUT2D eigenvalue weighted by atomic mass is 10.1. The Bertz CT molecular complexity index is 2750. The molecule has 7 unspecified atom stereocenters. The first-order valence-electron chi connectivity index (χ1n) is 20.3. The van der Waals surface area contributed by atoms with Crippen molar-refractivity contribution in [3.63, 3.8) is 0 Å². The van der Waals surface area contributed by atoms with Gasteiger partial charge in [0.25, 0.3) is 42.8 Å². The van der Waals surface area contributed by atoms with Crippen LogP contribution in [0.1, 0.15) is 33.2 Å². The Kier molecular flexibility index (Phi) is 16.0. The summed E-state index contributed by atoms with van der Waals surface area (Å²) in [6.07, 6.45) is -13.4. The zero-order chi connectivity index (χ0) is 50.5. The maximum Gasteiger partial charge on any atom is 0.313 e. The van der Waals surface area contributed by atoms with E-state index < -0.39 is 136 Å². The van der Waals surface area contributed by atoms with E-state index in [-0.39, 0.29) is 34.1 Å². The van der Waals surface area contributed by atoms with Crippen molar-refractivity contribution in [1.82, 2.24) is 34.1 Å². The molecule has 0 bridgehead atoms. The Morgan fingerprint density at radius 2 is 1.43 bits per heavy atom. The first kappa shape index (κ1) is 53.5. The number of phosphoric acid groups is 4. The van der Waals surface area contributed by atoms with Crippen LogP contribution in [0.3, 0.4) is 0 Å². The molecule has 3 aliphatic rings. The molecule has 3 saturated heterocycles. The van der Waals surface area contributed by atoms with E-state index >= 15 is 0 Å². The number of aromatic nitrogens is 8. The third-order valence-electron chi connectivity index (χ3n) is 10.7. The number of nitrogens with two attached hydrogens (primary N) is 2. The largest absolute Gasteiger partial charge is 0.756 e. The first-order chi connectivity index (χ1) is 32.2. The molecule has 16 atom stereocenters. The minimum Gasteiger partial charge on any atom is -0.756 e. The number of methoxy groups -OCH3 is 2. The first-order valence-corrected chi connectivity index (χ1v) is 26.1. The number of ether oxygens (including phenoxy) is 6. The standard InChI is InChI=1S/C32H50N10O23P4/c1-13(2)59-22-16(60-14(3)20(22)43)8-56-66(46,47)63-23-17(62-31(25(23)55-6)41-11-37-18-26(33)35-10-36-27(18)41)9-58-68(50,51)65-69(52,53)64-67(48,49)57-7-15-21(44)24(54-5)30(61-15)42-12-40(4)19-28(42)38-32(34)39-29(19)45/h10-17,20-25,30-31,43-44H,7-9H2,1-6H3,(H8-,33,34,35,36,38,39,45,46,47,48,49,50,51,52,53)/p-3/t14-,15+,16+,17+,20?,21-,22-,23-,24?,25?,30+,31+/m0/s1. The summed E-state index contributed by atoms with van der Waals surface area (Å²) in [7, 11) is -20.6. The fraction of sp³-hybridized carbons (Fsp3) is 0.688. The highest BCUT2D eigenvalue weighted by molar-refractivity contribution is 7.65. The maximum absolute atomic E-state index is 13.4. The average molecular weight is 1060 g/mol. The van der Waals surface area contributed by atoms with Gasteiger partial charge in [-0.15, -0.1) is 0 Å². The molecule has 0 radical (unpaired) electrons. The molecular formula is C32H47N10O23P4-3. The van der Waals surface area contributed by atoms with Crippen molar-refractivity contribution in [2.45, 2.75) is 100 Å². The molecule has 4 aromatic heterocycles. The zero-order valence-corrected chi connectivity index (χ0v) is 40.5. The normalized spacial score (nSPS) is 32.1. The molecule has 0 aromatic carbocycles. The SMILES string of the molecule is COC1[C@@H](OP(=O)([O-])OC[C@H]2O[C@@H](C)C(O)[C@H]2OC(C)C)[C@@H](COP(=O)([O-])OP(=O)([O-])OP(=O)([O-])OC[C@H]2O[C@@H]([n+]3cn(C)c4c(=O)[nH]c(N)nc43)C(OC)[C@H]2O)O[C@H]1n1cnc2c(N)ncnc21. The monoisotopic (exact) mass is 1060 g/mol. The van der Waals surface area contributed by atoms with Crippen LogP contribution in [0.4, 0.5) is 11.8 Å². The third kappa shape index (κ3) is 11.8. The van der Waals surface area contributed by atoms with Gasteiger partial charge in [0.1, 0.15) is 66.8 Å². The van der Waals surface area contributed by atoms with Gasteiger partial charge in [-0.1, -0.05) is 4.98 Å². The lowest BCUT2D eigenvalue weighted by Crippen LogP contribution is -2.47. The third-order valence-corrected chi connectivity index (χ3v) is 15.8. The van der Waals surface area contributed by atoms with E-state index in [9.17, 15) is 52.8 Å². The van der Waals surface area contributed by atoms with Gasteiger partial charge in [0.2, 0.25) is 11.7 Å². The van der Waals surface area contributed by atoms with Gasteiger partial charge in [-0.25, -0.2) is 28.1 Å². The number of imidazole rings is 2. The number of aliphatic hydroxyl groups excluding tert-OH is 2. The molecule has 4 aromatic rings. The molecule has 0 amide bonds. The molecule has 3 fully saturated rings. The molecule has 7 rings (SSSR count). The van der Waals surface area contributed by atoms with E-state index in [0.29, 0.717) is 0 Å². The molecule has 33 nitrogen and oxygen atoms in total. The van der Waals surface area contributed by atoms with Crippen molar-refractivity contribution in [1.29, 1.82) is 0 Å². The minimum atomic E-state index is -6.51. The number of nitrogens with zero attached hydrogens (tertiary/aromatic N) is 7. The summed E-state index contributed by atoms with van der Waals surface area (Å²) < 4.78 is 117. The summed E-state index contributed by atoms with van der Waals surface area (Å²) in [4.78, 5) is 82.9. The highest BCUT2D eigenvalue weighted by Crippen LogP contribution is 2.63. The zero-order valence-electron chi connectivity index (χ0n) is 36.9. The summed E-state index contributed by atoms with van der Waals surface area (Å²) in [5.41, 5.74) is 11.1. The van der Waals surface area contributed by atoms with Crippen molar-refractivity contribution in [2.24, 2.45) is 7.05 Å². The van der Waals surface area contributed by atoms with Gasteiger partial charge in [0.05, 0.1) is 45.4 Å². The van der Waals surface area contributed by atoms with Crippen LogP contribution in [-0.2, 0) is 80.4 Å². The van der Waals surface area contributed by atoms with Crippen LogP contribution >= 0.6 is 31.3 Å². The smallest absolute Gasteiger partial charge is 0.313 e. The summed E-state index contributed by atoms with van der Waals surface area (Å²) in [6, 6.07) is 0. The highest BCUT2D eigenvalue weighted by atomic mass is 31.3. The Morgan fingerprint density at radius 1 is 0.826 bits per heavy atom. The van der Waals surface area contributed by atoms with Gasteiger partial charge in [-0.3, -0.25) is 37.2 Å². The van der Waals surface area contributed by atoms with Crippen LogP contribution in [0.2, 0.25) is 0 Å². The van der Waals surface area contributed by atoms with E-state index in [4.69, 9.17) is 53.5 Å². The molecule has 386 valence electrons. The summed E-state index contributed by atoms with van der Waals surface area (Å²) in [5, 5.41) is 21.5. The number of hydrogen-bond acceptors (Lipinski definition) is 29. The fourth-order valence-electron chi connectivity index (χ4n) is 7.81. The number of aryl methyl sites for hydroxylation is 1. The van der Waals surface area contributed by atoms with Gasteiger partial charge < -0.3 is 87.8 Å². The number of anilines is 2. The molecule has 0 saturated carbocycles. The van der Waals surface area contributed by atoms with E-state index in [0.717, 1.165) is 19.8 Å². The van der Waals surface area contributed by atoms with Gasteiger partial charge in [-0.05, 0) is 20.8 Å². The Morgan fingerprint density at radius 3 is 2.06 bits per heavy atom. The van der Waals surface area contributed by atoms with Crippen molar-refractivity contribution in [3.05, 3.63) is 29.3 Å². The second kappa shape index (κ2) is 20.7. The van der Waals surface area contributed by atoms with E-state index in [1.54, 1.807) is 13.8 Å². The molecule has 3 aliphatic heterocycles. The van der Waals surface area contributed by atoms with Crippen molar-refractivity contribution in [2.75, 3.05) is 45.5 Å². The number of nitrogen functional groups attached to an aromatic ring is 2. The Labute approximate surface area is 388 Å². The maximum atomic E-state index is 13.4. The van der Waals surface area contributed by atoms with E-state index in [1.165, 1.54) is 41.1 Å². The number of phosphoric ester groups is 3. The predicted octanol–water partition coefficient (Wildman–Crippen LogP) is -3.98. The number of nitrogens with one attached hydrogen (secondary N) is 1. The number of hydrogen-bond donors (Lipinski definition) is 5. The second-order valence-electron chi connectivity index (χ2n) is 15.8. The minimum absolute atomic E-state index is 0.0213. The van der Waals surface area contributed by atoms with Gasteiger partial charge >= 0.3 is 5.65 Å².